The lowest BCUT2D eigenvalue weighted by atomic mass is 10.1. The molecule has 0 aliphatic carbocycles. The predicted octanol–water partition coefficient (Wildman–Crippen LogP) is 1.43. The highest BCUT2D eigenvalue weighted by molar-refractivity contribution is 5.55. The van der Waals surface area contributed by atoms with Crippen molar-refractivity contribution in [3.8, 4) is 0 Å². The number of aliphatic hydroxyl groups is 1. The fourth-order valence-corrected chi connectivity index (χ4v) is 2.70. The van der Waals surface area contributed by atoms with Crippen LogP contribution in [0.5, 0.6) is 0 Å². The molecule has 4 nitrogen and oxygen atoms in total. The average Bonchev–Trinajstić information content (AvgIpc) is 2.42. The molecule has 112 valence electrons. The van der Waals surface area contributed by atoms with Crippen molar-refractivity contribution in [2.45, 2.75) is 20.0 Å². The summed E-state index contributed by atoms with van der Waals surface area (Å²) in [6.45, 7) is 9.03. The van der Waals surface area contributed by atoms with Crippen LogP contribution in [0.1, 0.15) is 11.1 Å². The minimum Gasteiger partial charge on any atom is -0.390 e. The van der Waals surface area contributed by atoms with Crippen LogP contribution in [0.25, 0.3) is 0 Å². The lowest BCUT2D eigenvalue weighted by Gasteiger charge is -2.31. The Hall–Kier alpha value is -1.10. The smallest absolute Gasteiger partial charge is 0.0841 e. The Bertz CT molecular complexity index is 430. The van der Waals surface area contributed by atoms with Crippen molar-refractivity contribution in [1.29, 1.82) is 0 Å². The van der Waals surface area contributed by atoms with Crippen LogP contribution < -0.4 is 4.90 Å². The Morgan fingerprint density at radius 3 is 2.70 bits per heavy atom. The van der Waals surface area contributed by atoms with Gasteiger partial charge in [-0.15, -0.1) is 0 Å². The number of morpholine rings is 1. The van der Waals surface area contributed by atoms with Gasteiger partial charge in [0, 0.05) is 38.9 Å². The van der Waals surface area contributed by atoms with Gasteiger partial charge in [-0.2, -0.15) is 0 Å². The largest absolute Gasteiger partial charge is 0.390 e. The van der Waals surface area contributed by atoms with Crippen LogP contribution in [0.2, 0.25) is 0 Å². The lowest BCUT2D eigenvalue weighted by molar-refractivity contribution is 0.0162. The molecule has 1 N–H and O–H groups in total. The highest BCUT2D eigenvalue weighted by Gasteiger charge is 2.17. The van der Waals surface area contributed by atoms with Gasteiger partial charge in [-0.3, -0.25) is 4.90 Å². The molecule has 0 spiro atoms. The third-order valence-corrected chi connectivity index (χ3v) is 4.04. The van der Waals surface area contributed by atoms with Crippen LogP contribution in [-0.4, -0.2) is 62.6 Å². The Morgan fingerprint density at radius 1 is 1.30 bits per heavy atom. The van der Waals surface area contributed by atoms with E-state index < -0.39 is 0 Å². The van der Waals surface area contributed by atoms with Gasteiger partial charge in [0.05, 0.1) is 19.3 Å². The van der Waals surface area contributed by atoms with Gasteiger partial charge in [0.2, 0.25) is 0 Å². The van der Waals surface area contributed by atoms with E-state index in [1.807, 2.05) is 7.05 Å². The first-order valence-corrected chi connectivity index (χ1v) is 7.33. The minimum atomic E-state index is -0.335. The summed E-state index contributed by atoms with van der Waals surface area (Å²) in [7, 11) is 2.05. The number of ether oxygens (including phenoxy) is 1. The van der Waals surface area contributed by atoms with Gasteiger partial charge in [0.15, 0.2) is 0 Å². The first-order valence-electron chi connectivity index (χ1n) is 7.33. The summed E-state index contributed by atoms with van der Waals surface area (Å²) >= 11 is 0. The van der Waals surface area contributed by atoms with Crippen LogP contribution in [0.4, 0.5) is 5.69 Å². The summed E-state index contributed by atoms with van der Waals surface area (Å²) in [5.41, 5.74) is 3.77. The van der Waals surface area contributed by atoms with E-state index in [9.17, 15) is 5.11 Å². The van der Waals surface area contributed by atoms with E-state index in [2.05, 4.69) is 41.8 Å². The third kappa shape index (κ3) is 3.95. The SMILES string of the molecule is Cc1cccc(N(C)CC(O)CN2CCOCC2)c1C. The molecule has 20 heavy (non-hydrogen) atoms. The van der Waals surface area contributed by atoms with Crippen LogP contribution in [0.15, 0.2) is 18.2 Å². The molecule has 0 saturated carbocycles. The van der Waals surface area contributed by atoms with Crippen LogP contribution in [0, 0.1) is 13.8 Å². The van der Waals surface area contributed by atoms with E-state index >= 15 is 0 Å². The van der Waals surface area contributed by atoms with Crippen LogP contribution in [-0.2, 0) is 4.74 Å². The number of rotatable bonds is 5. The molecular weight excluding hydrogens is 252 g/mol. The molecule has 1 heterocycles. The van der Waals surface area contributed by atoms with Crippen molar-refractivity contribution in [2.75, 3.05) is 51.3 Å². The van der Waals surface area contributed by atoms with Crippen molar-refractivity contribution in [2.24, 2.45) is 0 Å². The number of nitrogens with zero attached hydrogens (tertiary/aromatic N) is 2. The number of likely N-dealkylation sites (N-methyl/N-ethyl adjacent to an activating group) is 1. The first-order chi connectivity index (χ1) is 9.58. The van der Waals surface area contributed by atoms with Crippen molar-refractivity contribution in [3.63, 3.8) is 0 Å². The van der Waals surface area contributed by atoms with Crippen molar-refractivity contribution >= 4 is 5.69 Å². The second-order valence-electron chi connectivity index (χ2n) is 5.67. The minimum absolute atomic E-state index is 0.335. The Kier molecular flexibility index (Phi) is 5.40. The second-order valence-corrected chi connectivity index (χ2v) is 5.67. The molecule has 0 radical (unpaired) electrons. The van der Waals surface area contributed by atoms with Crippen LogP contribution >= 0.6 is 0 Å². The number of aliphatic hydroxyl groups excluding tert-OH is 1. The molecule has 1 aliphatic rings. The average molecular weight is 278 g/mol. The van der Waals surface area contributed by atoms with E-state index in [1.54, 1.807) is 0 Å². The summed E-state index contributed by atoms with van der Waals surface area (Å²) < 4.78 is 5.33. The summed E-state index contributed by atoms with van der Waals surface area (Å²) in [5, 5.41) is 10.3. The van der Waals surface area contributed by atoms with E-state index in [1.165, 1.54) is 16.8 Å². The summed E-state index contributed by atoms with van der Waals surface area (Å²) in [6.07, 6.45) is -0.335. The highest BCUT2D eigenvalue weighted by Crippen LogP contribution is 2.21. The molecule has 1 aromatic carbocycles. The zero-order valence-corrected chi connectivity index (χ0v) is 12.8. The molecule has 2 rings (SSSR count). The van der Waals surface area contributed by atoms with Gasteiger partial charge in [-0.1, -0.05) is 12.1 Å². The zero-order valence-electron chi connectivity index (χ0n) is 12.8. The lowest BCUT2D eigenvalue weighted by Crippen LogP contribution is -2.44. The van der Waals surface area contributed by atoms with E-state index in [-0.39, 0.29) is 6.10 Å². The van der Waals surface area contributed by atoms with Gasteiger partial charge in [0.1, 0.15) is 0 Å². The van der Waals surface area contributed by atoms with E-state index in [4.69, 9.17) is 4.74 Å². The second kappa shape index (κ2) is 7.07. The number of benzene rings is 1. The van der Waals surface area contributed by atoms with E-state index in [0.29, 0.717) is 6.54 Å². The quantitative estimate of drug-likeness (QED) is 0.884. The van der Waals surface area contributed by atoms with Crippen molar-refractivity contribution in [3.05, 3.63) is 29.3 Å². The molecule has 1 fully saturated rings. The molecule has 1 unspecified atom stereocenters. The predicted molar refractivity (Wildman–Crippen MR) is 82.5 cm³/mol. The number of hydrogen-bond acceptors (Lipinski definition) is 4. The number of β-amino-alcohol motifs (C(OH)–C–C–N with tert-alkyl or cyclic N) is 1. The van der Waals surface area contributed by atoms with Gasteiger partial charge >= 0.3 is 0 Å². The fourth-order valence-electron chi connectivity index (χ4n) is 2.70. The molecule has 4 heteroatoms. The molecule has 1 atom stereocenters. The zero-order chi connectivity index (χ0) is 14.5. The maximum absolute atomic E-state index is 10.3. The standard InChI is InChI=1S/C16H26N2O2/c1-13-5-4-6-16(14(13)2)17(3)11-15(19)12-18-7-9-20-10-8-18/h4-6,15,19H,7-12H2,1-3H3. The van der Waals surface area contributed by atoms with Gasteiger partial charge in [0.25, 0.3) is 0 Å². The molecule has 0 amide bonds. The molecule has 0 aromatic heterocycles. The Balaban J connectivity index is 1.89. The molecule has 1 aromatic rings. The van der Waals surface area contributed by atoms with Gasteiger partial charge in [-0.05, 0) is 31.0 Å². The highest BCUT2D eigenvalue weighted by atomic mass is 16.5. The third-order valence-electron chi connectivity index (χ3n) is 4.04. The Labute approximate surface area is 122 Å². The number of hydrogen-bond donors (Lipinski definition) is 1. The molecule has 1 saturated heterocycles. The maximum atomic E-state index is 10.3. The van der Waals surface area contributed by atoms with Crippen LogP contribution in [0.3, 0.4) is 0 Å². The van der Waals surface area contributed by atoms with E-state index in [0.717, 1.165) is 32.8 Å². The normalized spacial score (nSPS) is 18.0. The first kappa shape index (κ1) is 15.3. The molecule has 1 aliphatic heterocycles. The maximum Gasteiger partial charge on any atom is 0.0841 e. The summed E-state index contributed by atoms with van der Waals surface area (Å²) in [5.74, 6) is 0. The Morgan fingerprint density at radius 2 is 2.00 bits per heavy atom. The molecular formula is C16H26N2O2. The monoisotopic (exact) mass is 278 g/mol. The summed E-state index contributed by atoms with van der Waals surface area (Å²) in [6, 6.07) is 6.31. The number of anilines is 1. The number of aryl methyl sites for hydroxylation is 1. The molecule has 0 bridgehead atoms. The van der Waals surface area contributed by atoms with Crippen molar-refractivity contribution in [1.82, 2.24) is 4.90 Å². The fraction of sp³-hybridized carbons (Fsp3) is 0.625. The summed E-state index contributed by atoms with van der Waals surface area (Å²) in [4.78, 5) is 4.42. The van der Waals surface area contributed by atoms with Crippen molar-refractivity contribution < 1.29 is 9.84 Å². The topological polar surface area (TPSA) is 35.9 Å². The van der Waals surface area contributed by atoms with Gasteiger partial charge in [-0.25, -0.2) is 0 Å². The van der Waals surface area contributed by atoms with Gasteiger partial charge < -0.3 is 14.7 Å².